The number of hydrogen-bond acceptors (Lipinski definition) is 0. The van der Waals surface area contributed by atoms with Crippen molar-refractivity contribution in [3.63, 3.8) is 0 Å². The van der Waals surface area contributed by atoms with Gasteiger partial charge in [-0.1, -0.05) is 19.3 Å². The van der Waals surface area contributed by atoms with E-state index in [4.69, 9.17) is 0 Å². The van der Waals surface area contributed by atoms with E-state index in [0.29, 0.717) is 0 Å². The number of hydrogen-bond donors (Lipinski definition) is 0. The molecule has 0 aromatic carbocycles. The summed E-state index contributed by atoms with van der Waals surface area (Å²) in [5.41, 5.74) is 0.928. The Labute approximate surface area is 69.4 Å². The first kappa shape index (κ1) is 6.51. The lowest BCUT2D eigenvalue weighted by molar-refractivity contribution is 0.205. The summed E-state index contributed by atoms with van der Waals surface area (Å²) in [6.07, 6.45) is 12.6. The summed E-state index contributed by atoms with van der Waals surface area (Å²) in [7, 11) is 0. The van der Waals surface area contributed by atoms with Gasteiger partial charge in [0.1, 0.15) is 0 Å². The lowest BCUT2D eigenvalue weighted by Gasteiger charge is -2.31. The van der Waals surface area contributed by atoms with Crippen molar-refractivity contribution in [3.8, 4) is 0 Å². The summed E-state index contributed by atoms with van der Waals surface area (Å²) in [6.45, 7) is 0. The van der Waals surface area contributed by atoms with Crippen LogP contribution in [0.5, 0.6) is 0 Å². The van der Waals surface area contributed by atoms with E-state index in [1.54, 1.807) is 51.4 Å². The highest BCUT2D eigenvalue weighted by molar-refractivity contribution is 5.06. The summed E-state index contributed by atoms with van der Waals surface area (Å²) < 4.78 is 0. The van der Waals surface area contributed by atoms with E-state index in [1.807, 2.05) is 0 Å². The van der Waals surface area contributed by atoms with E-state index in [-0.39, 0.29) is 0 Å². The minimum absolute atomic E-state index is 0.928. The maximum Gasteiger partial charge on any atom is -0.0266 e. The van der Waals surface area contributed by atoms with Crippen molar-refractivity contribution < 1.29 is 0 Å². The van der Waals surface area contributed by atoms with Gasteiger partial charge in [0.2, 0.25) is 0 Å². The van der Waals surface area contributed by atoms with Gasteiger partial charge in [-0.15, -0.1) is 0 Å². The molecule has 62 valence electrons. The first-order valence-electron chi connectivity index (χ1n) is 5.39. The van der Waals surface area contributed by atoms with Crippen LogP contribution < -0.4 is 0 Å². The van der Waals surface area contributed by atoms with Crippen molar-refractivity contribution in [2.24, 2.45) is 17.3 Å². The van der Waals surface area contributed by atoms with Gasteiger partial charge >= 0.3 is 0 Å². The molecule has 0 aromatic rings. The molecule has 0 N–H and O–H groups in total. The highest BCUT2D eigenvalue weighted by Crippen LogP contribution is 2.66. The van der Waals surface area contributed by atoms with E-state index in [9.17, 15) is 0 Å². The standard InChI is InChI=1S/C11H18/c1-2-5-11-6-4-9(3-1)7-10(11)8-11/h9-10H,1-8H2. The topological polar surface area (TPSA) is 0 Å². The molecule has 0 aliphatic heterocycles. The normalized spacial score (nSPS) is 54.5. The lowest BCUT2D eigenvalue weighted by Crippen LogP contribution is -2.19. The molecule has 4 aliphatic rings. The van der Waals surface area contributed by atoms with Gasteiger partial charge in [-0.2, -0.15) is 0 Å². The van der Waals surface area contributed by atoms with E-state index >= 15 is 0 Å². The monoisotopic (exact) mass is 150 g/mol. The van der Waals surface area contributed by atoms with Crippen LogP contribution in [0.4, 0.5) is 0 Å². The zero-order valence-electron chi connectivity index (χ0n) is 7.31. The molecule has 4 saturated carbocycles. The van der Waals surface area contributed by atoms with Gasteiger partial charge in [-0.05, 0) is 49.4 Å². The van der Waals surface area contributed by atoms with Crippen LogP contribution in [0.2, 0.25) is 0 Å². The highest BCUT2D eigenvalue weighted by atomic mass is 14.6. The zero-order chi connectivity index (χ0) is 7.31. The van der Waals surface area contributed by atoms with Crippen molar-refractivity contribution >= 4 is 0 Å². The Morgan fingerprint density at radius 3 is 2.91 bits per heavy atom. The van der Waals surface area contributed by atoms with Crippen LogP contribution in [0.25, 0.3) is 0 Å². The molecule has 0 radical (unpaired) electrons. The molecule has 4 aliphatic carbocycles. The molecule has 4 rings (SSSR count). The SMILES string of the molecule is C1CCC23CCC(C1)CC2C3. The molecular formula is C11H18. The summed E-state index contributed by atoms with van der Waals surface area (Å²) in [6, 6.07) is 0. The molecule has 0 aromatic heterocycles. The van der Waals surface area contributed by atoms with Crippen LogP contribution in [0.1, 0.15) is 51.4 Å². The third-order valence-corrected chi connectivity index (χ3v) is 4.56. The fraction of sp³-hybridized carbons (Fsp3) is 1.00. The molecule has 0 heteroatoms. The minimum atomic E-state index is 0.928. The predicted molar refractivity (Wildman–Crippen MR) is 46.3 cm³/mol. The molecule has 1 spiro atoms. The van der Waals surface area contributed by atoms with Gasteiger partial charge < -0.3 is 0 Å². The summed E-state index contributed by atoms with van der Waals surface area (Å²) in [4.78, 5) is 0. The molecule has 0 amide bonds. The summed E-state index contributed by atoms with van der Waals surface area (Å²) >= 11 is 0. The Kier molecular flexibility index (Phi) is 1.20. The molecule has 4 fully saturated rings. The second-order valence-corrected chi connectivity index (χ2v) is 5.15. The van der Waals surface area contributed by atoms with E-state index in [2.05, 4.69) is 0 Å². The van der Waals surface area contributed by atoms with Gasteiger partial charge in [-0.3, -0.25) is 0 Å². The van der Waals surface area contributed by atoms with Gasteiger partial charge in [0.25, 0.3) is 0 Å². The van der Waals surface area contributed by atoms with Gasteiger partial charge in [0.15, 0.2) is 0 Å². The largest absolute Gasteiger partial charge is 0.0530 e. The van der Waals surface area contributed by atoms with Gasteiger partial charge in [0, 0.05) is 0 Å². The molecule has 2 bridgehead atoms. The Hall–Kier alpha value is 0. The zero-order valence-corrected chi connectivity index (χ0v) is 7.31. The lowest BCUT2D eigenvalue weighted by atomic mass is 9.74. The molecule has 11 heavy (non-hydrogen) atoms. The third kappa shape index (κ3) is 0.878. The van der Waals surface area contributed by atoms with E-state index < -0.39 is 0 Å². The second kappa shape index (κ2) is 2.02. The van der Waals surface area contributed by atoms with Crippen molar-refractivity contribution in [1.29, 1.82) is 0 Å². The first-order chi connectivity index (χ1) is 5.39. The van der Waals surface area contributed by atoms with Crippen LogP contribution in [0.15, 0.2) is 0 Å². The van der Waals surface area contributed by atoms with Gasteiger partial charge in [-0.25, -0.2) is 0 Å². The van der Waals surface area contributed by atoms with Crippen molar-refractivity contribution in [2.75, 3.05) is 0 Å². The number of rotatable bonds is 0. The fourth-order valence-electron chi connectivity index (χ4n) is 3.69. The maximum absolute atomic E-state index is 1.61. The molecule has 3 unspecified atom stereocenters. The second-order valence-electron chi connectivity index (χ2n) is 5.15. The predicted octanol–water partition coefficient (Wildman–Crippen LogP) is 3.37. The minimum Gasteiger partial charge on any atom is -0.0530 e. The summed E-state index contributed by atoms with van der Waals surface area (Å²) in [5, 5.41) is 0. The molecule has 0 heterocycles. The molecule has 0 saturated heterocycles. The van der Waals surface area contributed by atoms with Crippen LogP contribution in [0.3, 0.4) is 0 Å². The maximum atomic E-state index is 1.61. The summed E-state index contributed by atoms with van der Waals surface area (Å²) in [5.74, 6) is 2.34. The quantitative estimate of drug-likeness (QED) is 0.496. The molecular weight excluding hydrogens is 132 g/mol. The Balaban J connectivity index is 1.83. The van der Waals surface area contributed by atoms with Crippen molar-refractivity contribution in [3.05, 3.63) is 0 Å². The van der Waals surface area contributed by atoms with Gasteiger partial charge in [0.05, 0.1) is 0 Å². The first-order valence-corrected chi connectivity index (χ1v) is 5.39. The number of fused-ring (bicyclic) bond motifs is 4. The smallest absolute Gasteiger partial charge is 0.0266 e. The molecule has 3 atom stereocenters. The van der Waals surface area contributed by atoms with Crippen LogP contribution in [-0.4, -0.2) is 0 Å². The average Bonchev–Trinajstić information content (AvgIpc) is 2.65. The third-order valence-electron chi connectivity index (χ3n) is 4.56. The van der Waals surface area contributed by atoms with Crippen LogP contribution >= 0.6 is 0 Å². The fourth-order valence-corrected chi connectivity index (χ4v) is 3.69. The molecule has 0 nitrogen and oxygen atoms in total. The highest BCUT2D eigenvalue weighted by Gasteiger charge is 2.56. The van der Waals surface area contributed by atoms with Crippen LogP contribution in [-0.2, 0) is 0 Å². The Morgan fingerprint density at radius 2 is 2.00 bits per heavy atom. The Morgan fingerprint density at radius 1 is 1.00 bits per heavy atom. The average molecular weight is 150 g/mol. The Bertz CT molecular complexity index is 167. The van der Waals surface area contributed by atoms with E-state index in [1.165, 1.54) is 5.92 Å². The van der Waals surface area contributed by atoms with Crippen molar-refractivity contribution in [2.45, 2.75) is 51.4 Å². The van der Waals surface area contributed by atoms with Crippen molar-refractivity contribution in [1.82, 2.24) is 0 Å². The van der Waals surface area contributed by atoms with E-state index in [0.717, 1.165) is 11.3 Å². The van der Waals surface area contributed by atoms with Crippen LogP contribution in [0, 0.1) is 17.3 Å².